The SMILES string of the molecule is Nc1cc2ccsc2c(CBr)c1N. The number of rotatable bonds is 1. The van der Waals surface area contributed by atoms with Crippen LogP contribution in [0.5, 0.6) is 0 Å². The molecule has 0 amide bonds. The van der Waals surface area contributed by atoms with Crippen molar-refractivity contribution < 1.29 is 0 Å². The quantitative estimate of drug-likeness (QED) is 0.609. The van der Waals surface area contributed by atoms with Gasteiger partial charge in [0.05, 0.1) is 11.4 Å². The monoisotopic (exact) mass is 256 g/mol. The van der Waals surface area contributed by atoms with E-state index >= 15 is 0 Å². The largest absolute Gasteiger partial charge is 0.397 e. The Labute approximate surface area is 88.7 Å². The van der Waals surface area contributed by atoms with E-state index in [1.807, 2.05) is 6.07 Å². The molecule has 2 rings (SSSR count). The third kappa shape index (κ3) is 1.30. The molecule has 0 aliphatic heterocycles. The molecule has 0 saturated heterocycles. The van der Waals surface area contributed by atoms with Crippen molar-refractivity contribution in [2.24, 2.45) is 0 Å². The maximum atomic E-state index is 5.87. The Hall–Kier alpha value is -0.740. The fourth-order valence-electron chi connectivity index (χ4n) is 1.35. The molecule has 1 aromatic heterocycles. The third-order valence-corrected chi connectivity index (χ3v) is 3.60. The highest BCUT2D eigenvalue weighted by Gasteiger charge is 2.08. The second kappa shape index (κ2) is 3.20. The molecular weight excluding hydrogens is 248 g/mol. The average molecular weight is 257 g/mol. The van der Waals surface area contributed by atoms with Crippen molar-refractivity contribution >= 4 is 48.7 Å². The average Bonchev–Trinajstić information content (AvgIpc) is 2.54. The zero-order chi connectivity index (χ0) is 9.42. The molecule has 0 unspecified atom stereocenters. The van der Waals surface area contributed by atoms with Crippen molar-refractivity contribution in [1.82, 2.24) is 0 Å². The van der Waals surface area contributed by atoms with Gasteiger partial charge in [-0.05, 0) is 22.9 Å². The molecule has 4 heteroatoms. The van der Waals surface area contributed by atoms with E-state index in [-0.39, 0.29) is 0 Å². The summed E-state index contributed by atoms with van der Waals surface area (Å²) in [5.74, 6) is 0. The summed E-state index contributed by atoms with van der Waals surface area (Å²) in [6.07, 6.45) is 0. The van der Waals surface area contributed by atoms with Crippen molar-refractivity contribution in [3.63, 3.8) is 0 Å². The van der Waals surface area contributed by atoms with E-state index < -0.39 is 0 Å². The fraction of sp³-hybridized carbons (Fsp3) is 0.111. The second-order valence-electron chi connectivity index (χ2n) is 2.83. The molecule has 13 heavy (non-hydrogen) atoms. The molecular formula is C9H9BrN2S. The molecule has 0 radical (unpaired) electrons. The number of halogens is 1. The Bertz CT molecular complexity index is 450. The molecule has 2 nitrogen and oxygen atoms in total. The van der Waals surface area contributed by atoms with Crippen LogP contribution in [0.15, 0.2) is 17.5 Å². The minimum atomic E-state index is 0.667. The lowest BCUT2D eigenvalue weighted by Gasteiger charge is -2.06. The number of nitrogens with two attached hydrogens (primary N) is 2. The molecule has 1 heterocycles. The zero-order valence-electron chi connectivity index (χ0n) is 6.88. The highest BCUT2D eigenvalue weighted by atomic mass is 79.9. The number of benzene rings is 1. The van der Waals surface area contributed by atoms with Crippen LogP contribution < -0.4 is 11.5 Å². The summed E-state index contributed by atoms with van der Waals surface area (Å²) in [5.41, 5.74) is 14.1. The van der Waals surface area contributed by atoms with Gasteiger partial charge in [-0.15, -0.1) is 11.3 Å². The molecule has 0 spiro atoms. The van der Waals surface area contributed by atoms with Gasteiger partial charge in [-0.2, -0.15) is 0 Å². The topological polar surface area (TPSA) is 52.0 Å². The smallest absolute Gasteiger partial charge is 0.0603 e. The molecule has 68 valence electrons. The Morgan fingerprint density at radius 3 is 2.85 bits per heavy atom. The molecule has 0 fully saturated rings. The van der Waals surface area contributed by atoms with Crippen LogP contribution in [-0.4, -0.2) is 0 Å². The Morgan fingerprint density at radius 1 is 1.38 bits per heavy atom. The summed E-state index contributed by atoms with van der Waals surface area (Å²) in [5, 5.41) is 3.97. The summed E-state index contributed by atoms with van der Waals surface area (Å²) < 4.78 is 1.23. The number of hydrogen-bond acceptors (Lipinski definition) is 3. The van der Waals surface area contributed by atoms with Gasteiger partial charge >= 0.3 is 0 Å². The molecule has 0 atom stereocenters. The van der Waals surface area contributed by atoms with Crippen molar-refractivity contribution in [3.05, 3.63) is 23.1 Å². The number of nitrogen functional groups attached to an aromatic ring is 2. The van der Waals surface area contributed by atoms with Gasteiger partial charge in [-0.25, -0.2) is 0 Å². The van der Waals surface area contributed by atoms with E-state index in [1.54, 1.807) is 11.3 Å². The Balaban J connectivity index is 2.87. The number of hydrogen-bond donors (Lipinski definition) is 2. The molecule has 1 aromatic carbocycles. The molecule has 2 aromatic rings. The minimum Gasteiger partial charge on any atom is -0.397 e. The Kier molecular flexibility index (Phi) is 2.17. The fourth-order valence-corrected chi connectivity index (χ4v) is 3.06. The number of alkyl halides is 1. The molecule has 0 bridgehead atoms. The maximum absolute atomic E-state index is 5.87. The highest BCUT2D eigenvalue weighted by molar-refractivity contribution is 9.08. The Morgan fingerprint density at radius 2 is 2.15 bits per heavy atom. The third-order valence-electron chi connectivity index (χ3n) is 2.05. The molecule has 4 N–H and O–H groups in total. The van der Waals surface area contributed by atoms with Gasteiger partial charge in [0.25, 0.3) is 0 Å². The maximum Gasteiger partial charge on any atom is 0.0603 e. The van der Waals surface area contributed by atoms with E-state index in [0.29, 0.717) is 11.4 Å². The first-order valence-corrected chi connectivity index (χ1v) is 5.84. The lowest BCUT2D eigenvalue weighted by atomic mass is 10.1. The first kappa shape index (κ1) is 8.84. The van der Waals surface area contributed by atoms with Gasteiger partial charge in [0.1, 0.15) is 0 Å². The van der Waals surface area contributed by atoms with E-state index in [4.69, 9.17) is 11.5 Å². The lowest BCUT2D eigenvalue weighted by Crippen LogP contribution is -1.98. The normalized spacial score (nSPS) is 10.8. The van der Waals surface area contributed by atoms with Crippen LogP contribution in [0.2, 0.25) is 0 Å². The van der Waals surface area contributed by atoms with Crippen molar-refractivity contribution in [2.75, 3.05) is 11.5 Å². The first-order chi connectivity index (χ1) is 6.24. The van der Waals surface area contributed by atoms with E-state index in [1.165, 1.54) is 10.1 Å². The van der Waals surface area contributed by atoms with Crippen molar-refractivity contribution in [1.29, 1.82) is 0 Å². The van der Waals surface area contributed by atoms with Crippen molar-refractivity contribution in [3.8, 4) is 0 Å². The summed E-state index contributed by atoms with van der Waals surface area (Å²) in [6.45, 7) is 0. The van der Waals surface area contributed by atoms with Gasteiger partial charge < -0.3 is 11.5 Å². The summed E-state index contributed by atoms with van der Waals surface area (Å²) >= 11 is 5.12. The van der Waals surface area contributed by atoms with Gasteiger partial charge in [-0.3, -0.25) is 0 Å². The summed E-state index contributed by atoms with van der Waals surface area (Å²) in [4.78, 5) is 0. The van der Waals surface area contributed by atoms with Crippen LogP contribution >= 0.6 is 27.3 Å². The second-order valence-corrected chi connectivity index (χ2v) is 4.31. The molecule has 0 aliphatic carbocycles. The van der Waals surface area contributed by atoms with Gasteiger partial charge in [0.15, 0.2) is 0 Å². The van der Waals surface area contributed by atoms with Crippen LogP contribution in [0.4, 0.5) is 11.4 Å². The predicted molar refractivity (Wildman–Crippen MR) is 63.3 cm³/mol. The molecule has 0 saturated carbocycles. The van der Waals surface area contributed by atoms with Gasteiger partial charge in [0.2, 0.25) is 0 Å². The lowest BCUT2D eigenvalue weighted by molar-refractivity contribution is 1.51. The van der Waals surface area contributed by atoms with Gasteiger partial charge in [0, 0.05) is 15.6 Å². The summed E-state index contributed by atoms with van der Waals surface area (Å²) in [7, 11) is 0. The first-order valence-electron chi connectivity index (χ1n) is 3.84. The minimum absolute atomic E-state index is 0.667. The molecule has 0 aliphatic rings. The highest BCUT2D eigenvalue weighted by Crippen LogP contribution is 2.34. The number of anilines is 2. The van der Waals surface area contributed by atoms with Crippen LogP contribution in [0, 0.1) is 0 Å². The van der Waals surface area contributed by atoms with E-state index in [2.05, 4.69) is 27.4 Å². The standard InChI is InChI=1S/C9H9BrN2S/c10-4-6-8(12)7(11)3-5-1-2-13-9(5)6/h1-3H,4,11-12H2. The summed E-state index contributed by atoms with van der Waals surface area (Å²) in [6, 6.07) is 3.98. The van der Waals surface area contributed by atoms with Gasteiger partial charge in [-0.1, -0.05) is 15.9 Å². The van der Waals surface area contributed by atoms with E-state index in [9.17, 15) is 0 Å². The number of fused-ring (bicyclic) bond motifs is 1. The van der Waals surface area contributed by atoms with Crippen LogP contribution in [0.25, 0.3) is 10.1 Å². The number of thiophene rings is 1. The zero-order valence-corrected chi connectivity index (χ0v) is 9.28. The predicted octanol–water partition coefficient (Wildman–Crippen LogP) is 2.96. The van der Waals surface area contributed by atoms with E-state index in [0.717, 1.165) is 10.9 Å². The van der Waals surface area contributed by atoms with Crippen LogP contribution in [0.3, 0.4) is 0 Å². The van der Waals surface area contributed by atoms with Crippen molar-refractivity contribution in [2.45, 2.75) is 5.33 Å². The van der Waals surface area contributed by atoms with Crippen LogP contribution in [-0.2, 0) is 5.33 Å². The van der Waals surface area contributed by atoms with Crippen LogP contribution in [0.1, 0.15) is 5.56 Å².